The van der Waals surface area contributed by atoms with Crippen molar-refractivity contribution in [2.45, 2.75) is 19.9 Å². The van der Waals surface area contributed by atoms with E-state index in [1.807, 2.05) is 21.7 Å². The highest BCUT2D eigenvalue weighted by Gasteiger charge is 2.40. The van der Waals surface area contributed by atoms with Gasteiger partial charge in [0, 0.05) is 20.1 Å². The van der Waals surface area contributed by atoms with Crippen molar-refractivity contribution in [1.29, 1.82) is 0 Å². The van der Waals surface area contributed by atoms with E-state index in [-0.39, 0.29) is 5.91 Å². The van der Waals surface area contributed by atoms with Crippen LogP contribution in [0.5, 0.6) is 0 Å². The number of aliphatic carboxylic acids is 1. The van der Waals surface area contributed by atoms with Crippen LogP contribution in [0, 0.1) is 5.41 Å². The molecule has 6 heteroatoms. The monoisotopic (exact) mass is 296 g/mol. The maximum Gasteiger partial charge on any atom is 0.310 e. The summed E-state index contributed by atoms with van der Waals surface area (Å²) in [7, 11) is 1.78. The number of likely N-dealkylation sites (tertiary alicyclic amines) is 1. The van der Waals surface area contributed by atoms with Crippen LogP contribution in [0.2, 0.25) is 0 Å². The van der Waals surface area contributed by atoms with E-state index in [0.29, 0.717) is 32.6 Å². The minimum atomic E-state index is -0.779. The van der Waals surface area contributed by atoms with Crippen molar-refractivity contribution < 1.29 is 14.7 Å². The number of carbonyl (C=O) groups is 2. The Morgan fingerprint density at radius 2 is 2.30 bits per heavy atom. The van der Waals surface area contributed by atoms with Gasteiger partial charge in [-0.25, -0.2) is 0 Å². The zero-order valence-corrected chi connectivity index (χ0v) is 12.7. The molecule has 0 bridgehead atoms. The van der Waals surface area contributed by atoms with Gasteiger partial charge >= 0.3 is 5.97 Å². The molecule has 1 N–H and O–H groups in total. The lowest BCUT2D eigenvalue weighted by molar-refractivity contribution is -0.147. The highest BCUT2D eigenvalue weighted by Crippen LogP contribution is 2.29. The minimum Gasteiger partial charge on any atom is -0.481 e. The van der Waals surface area contributed by atoms with Crippen molar-refractivity contribution in [3.05, 3.63) is 22.4 Å². The molecule has 1 aromatic rings. The van der Waals surface area contributed by atoms with Gasteiger partial charge in [-0.3, -0.25) is 14.5 Å². The Balaban J connectivity index is 1.85. The van der Waals surface area contributed by atoms with Gasteiger partial charge in [-0.1, -0.05) is 0 Å². The van der Waals surface area contributed by atoms with Gasteiger partial charge in [-0.2, -0.15) is 11.3 Å². The third-order valence-corrected chi connectivity index (χ3v) is 4.59. The quantitative estimate of drug-likeness (QED) is 0.894. The first-order valence-corrected chi connectivity index (χ1v) is 7.56. The molecule has 1 unspecified atom stereocenters. The summed E-state index contributed by atoms with van der Waals surface area (Å²) in [4.78, 5) is 26.9. The number of likely N-dealkylation sites (N-methyl/N-ethyl adjacent to an activating group) is 1. The lowest BCUT2D eigenvalue weighted by Crippen LogP contribution is -2.39. The van der Waals surface area contributed by atoms with Crippen LogP contribution in [-0.2, 0) is 16.1 Å². The Bertz CT molecular complexity index is 489. The molecule has 0 radical (unpaired) electrons. The average molecular weight is 296 g/mol. The van der Waals surface area contributed by atoms with Crippen LogP contribution < -0.4 is 0 Å². The van der Waals surface area contributed by atoms with Crippen molar-refractivity contribution in [3.63, 3.8) is 0 Å². The summed E-state index contributed by atoms with van der Waals surface area (Å²) in [5.74, 6) is -0.745. The van der Waals surface area contributed by atoms with E-state index in [4.69, 9.17) is 0 Å². The fourth-order valence-corrected chi connectivity index (χ4v) is 3.08. The number of amides is 1. The van der Waals surface area contributed by atoms with Gasteiger partial charge in [0.25, 0.3) is 0 Å². The average Bonchev–Trinajstić information content (AvgIpc) is 3.00. The number of thiophene rings is 1. The number of hydrogen-bond acceptors (Lipinski definition) is 4. The Morgan fingerprint density at radius 3 is 2.85 bits per heavy atom. The van der Waals surface area contributed by atoms with Gasteiger partial charge in [0.05, 0.1) is 12.0 Å². The fourth-order valence-electron chi connectivity index (χ4n) is 2.42. The Labute approximate surface area is 122 Å². The van der Waals surface area contributed by atoms with Gasteiger partial charge in [0.2, 0.25) is 5.91 Å². The standard InChI is InChI=1S/C14H20N2O3S/c1-14(13(18)19)4-5-16(10-14)8-12(17)15(2)7-11-3-6-20-9-11/h3,6,9H,4-5,7-8,10H2,1-2H3,(H,18,19). The summed E-state index contributed by atoms with van der Waals surface area (Å²) in [6.07, 6.45) is 0.601. The van der Waals surface area contributed by atoms with Crippen molar-refractivity contribution in [3.8, 4) is 0 Å². The molecule has 1 atom stereocenters. The SMILES string of the molecule is CN(Cc1ccsc1)C(=O)CN1CCC(C)(C(=O)O)C1. The van der Waals surface area contributed by atoms with Crippen LogP contribution in [0.4, 0.5) is 0 Å². The van der Waals surface area contributed by atoms with Crippen LogP contribution in [-0.4, -0.2) is 53.5 Å². The van der Waals surface area contributed by atoms with Crippen LogP contribution in [0.1, 0.15) is 18.9 Å². The van der Waals surface area contributed by atoms with Gasteiger partial charge in [-0.05, 0) is 42.3 Å². The molecular formula is C14H20N2O3S. The third-order valence-electron chi connectivity index (χ3n) is 3.85. The molecule has 0 saturated carbocycles. The molecule has 0 aliphatic carbocycles. The van der Waals surface area contributed by atoms with E-state index in [9.17, 15) is 14.7 Å². The second kappa shape index (κ2) is 5.93. The van der Waals surface area contributed by atoms with Crippen molar-refractivity contribution >= 4 is 23.2 Å². The van der Waals surface area contributed by atoms with E-state index in [2.05, 4.69) is 0 Å². The van der Waals surface area contributed by atoms with E-state index in [1.54, 1.807) is 30.2 Å². The molecule has 5 nitrogen and oxygen atoms in total. The number of nitrogens with zero attached hydrogens (tertiary/aromatic N) is 2. The molecule has 1 fully saturated rings. The van der Waals surface area contributed by atoms with E-state index >= 15 is 0 Å². The molecule has 1 aliphatic rings. The molecule has 1 saturated heterocycles. The van der Waals surface area contributed by atoms with Crippen molar-refractivity contribution in [1.82, 2.24) is 9.80 Å². The van der Waals surface area contributed by atoms with Crippen LogP contribution in [0.15, 0.2) is 16.8 Å². The van der Waals surface area contributed by atoms with Gasteiger partial charge < -0.3 is 10.0 Å². The Hall–Kier alpha value is -1.40. The number of rotatable bonds is 5. The summed E-state index contributed by atoms with van der Waals surface area (Å²) in [6, 6.07) is 2.01. The highest BCUT2D eigenvalue weighted by molar-refractivity contribution is 7.07. The molecule has 110 valence electrons. The summed E-state index contributed by atoms with van der Waals surface area (Å²) < 4.78 is 0. The summed E-state index contributed by atoms with van der Waals surface area (Å²) in [5, 5.41) is 13.2. The van der Waals surface area contributed by atoms with E-state index in [1.165, 1.54) is 0 Å². The van der Waals surface area contributed by atoms with Gasteiger partial charge in [0.15, 0.2) is 0 Å². The van der Waals surface area contributed by atoms with Gasteiger partial charge in [0.1, 0.15) is 0 Å². The van der Waals surface area contributed by atoms with Crippen molar-refractivity contribution in [2.24, 2.45) is 5.41 Å². The van der Waals surface area contributed by atoms with E-state index in [0.717, 1.165) is 5.56 Å². The molecule has 1 amide bonds. The first-order valence-electron chi connectivity index (χ1n) is 6.61. The van der Waals surface area contributed by atoms with Crippen LogP contribution in [0.3, 0.4) is 0 Å². The normalized spacial score (nSPS) is 22.9. The predicted octanol–water partition coefficient (Wildman–Crippen LogP) is 1.50. The molecule has 20 heavy (non-hydrogen) atoms. The van der Waals surface area contributed by atoms with Crippen LogP contribution >= 0.6 is 11.3 Å². The highest BCUT2D eigenvalue weighted by atomic mass is 32.1. The van der Waals surface area contributed by atoms with E-state index < -0.39 is 11.4 Å². The molecule has 0 aromatic carbocycles. The number of carboxylic acids is 1. The lowest BCUT2D eigenvalue weighted by Gasteiger charge is -2.22. The topological polar surface area (TPSA) is 60.9 Å². The first kappa shape index (κ1) is 15.0. The molecule has 0 spiro atoms. The molecule has 1 aromatic heterocycles. The fraction of sp³-hybridized carbons (Fsp3) is 0.571. The third kappa shape index (κ3) is 3.37. The van der Waals surface area contributed by atoms with Gasteiger partial charge in [-0.15, -0.1) is 0 Å². The molecule has 2 heterocycles. The first-order chi connectivity index (χ1) is 9.40. The molecule has 1 aliphatic heterocycles. The predicted molar refractivity (Wildman–Crippen MR) is 77.6 cm³/mol. The number of carbonyl (C=O) groups excluding carboxylic acids is 1. The number of carboxylic acid groups (broad SMARTS) is 1. The lowest BCUT2D eigenvalue weighted by atomic mass is 9.90. The summed E-state index contributed by atoms with van der Waals surface area (Å²) in [6.45, 7) is 3.76. The second-order valence-corrected chi connectivity index (χ2v) is 6.49. The van der Waals surface area contributed by atoms with Crippen molar-refractivity contribution in [2.75, 3.05) is 26.7 Å². The smallest absolute Gasteiger partial charge is 0.310 e. The maximum absolute atomic E-state index is 12.1. The molecular weight excluding hydrogens is 276 g/mol. The van der Waals surface area contributed by atoms with Crippen LogP contribution in [0.25, 0.3) is 0 Å². The number of hydrogen-bond donors (Lipinski definition) is 1. The Morgan fingerprint density at radius 1 is 1.55 bits per heavy atom. The Kier molecular flexibility index (Phi) is 4.45. The maximum atomic E-state index is 12.1. The second-order valence-electron chi connectivity index (χ2n) is 5.71. The zero-order chi connectivity index (χ0) is 14.8. The largest absolute Gasteiger partial charge is 0.481 e. The summed E-state index contributed by atoms with van der Waals surface area (Å²) >= 11 is 1.62. The minimum absolute atomic E-state index is 0.0332. The molecule has 2 rings (SSSR count). The zero-order valence-electron chi connectivity index (χ0n) is 11.8. The summed E-state index contributed by atoms with van der Waals surface area (Å²) in [5.41, 5.74) is 0.411.